The summed E-state index contributed by atoms with van der Waals surface area (Å²) in [7, 11) is 0. The molecule has 0 bridgehead atoms. The second-order valence-corrected chi connectivity index (χ2v) is 2.67. The van der Waals surface area contributed by atoms with E-state index in [-0.39, 0.29) is 0 Å². The molecule has 4 N–H and O–H groups in total. The Morgan fingerprint density at radius 2 is 2.55 bits per heavy atom. The number of hydrogen-bond acceptors (Lipinski definition) is 3. The van der Waals surface area contributed by atoms with Crippen molar-refractivity contribution in [2.75, 3.05) is 19.6 Å². The van der Waals surface area contributed by atoms with Crippen molar-refractivity contribution in [3.05, 3.63) is 0 Å². The van der Waals surface area contributed by atoms with Gasteiger partial charge >= 0.3 is 6.09 Å². The van der Waals surface area contributed by atoms with Crippen LogP contribution >= 0.6 is 0 Å². The Labute approximate surface area is 65.1 Å². The molecule has 1 aliphatic rings. The molecule has 1 fully saturated rings. The summed E-state index contributed by atoms with van der Waals surface area (Å²) >= 11 is 0. The van der Waals surface area contributed by atoms with Gasteiger partial charge in [-0.05, 0) is 25.4 Å². The van der Waals surface area contributed by atoms with Crippen LogP contribution in [0.15, 0.2) is 0 Å². The lowest BCUT2D eigenvalue weighted by atomic mass is 10.1. The van der Waals surface area contributed by atoms with Crippen molar-refractivity contribution >= 4 is 6.09 Å². The minimum Gasteiger partial charge on any atom is -0.464 e. The highest BCUT2D eigenvalue weighted by Gasteiger charge is 2.13. The van der Waals surface area contributed by atoms with Crippen molar-refractivity contribution in [3.8, 4) is 0 Å². The van der Waals surface area contributed by atoms with Crippen LogP contribution in [0.25, 0.3) is 0 Å². The molecule has 0 aromatic heterocycles. The van der Waals surface area contributed by atoms with Gasteiger partial charge in [-0.2, -0.15) is 0 Å². The first-order valence-electron chi connectivity index (χ1n) is 3.71. The summed E-state index contributed by atoms with van der Waals surface area (Å²) < 4.78 is 0. The average molecular weight is 159 g/mol. The highest BCUT2D eigenvalue weighted by molar-refractivity contribution is 5.63. The maximum absolute atomic E-state index is 9.98. The number of amides is 1. The van der Waals surface area contributed by atoms with Gasteiger partial charge in [0, 0.05) is 6.54 Å². The Balaban J connectivity index is 1.98. The lowest BCUT2D eigenvalue weighted by molar-refractivity contribution is 0.188. The maximum Gasteiger partial charge on any atom is 0.419 e. The topological polar surface area (TPSA) is 73.4 Å². The zero-order chi connectivity index (χ0) is 8.10. The van der Waals surface area contributed by atoms with Crippen LogP contribution in [0, 0.1) is 5.92 Å². The van der Waals surface area contributed by atoms with Gasteiger partial charge in [0.15, 0.2) is 0 Å². The summed E-state index contributed by atoms with van der Waals surface area (Å²) in [6.07, 6.45) is 0.0878. The van der Waals surface area contributed by atoms with E-state index in [1.807, 2.05) is 0 Å². The molecule has 1 amide bonds. The van der Waals surface area contributed by atoms with Crippen LogP contribution in [0.5, 0.6) is 0 Å². The molecule has 0 radical (unpaired) electrons. The zero-order valence-electron chi connectivity index (χ0n) is 6.26. The van der Waals surface area contributed by atoms with Crippen molar-refractivity contribution in [1.82, 2.24) is 16.2 Å². The van der Waals surface area contributed by atoms with Gasteiger partial charge in [0.1, 0.15) is 0 Å². The van der Waals surface area contributed by atoms with Gasteiger partial charge in [0.05, 0.1) is 0 Å². The Bertz CT molecular complexity index is 134. The Hall–Kier alpha value is -0.810. The Morgan fingerprint density at radius 1 is 1.73 bits per heavy atom. The molecule has 0 saturated carbocycles. The molecule has 1 unspecified atom stereocenters. The minimum absolute atomic E-state index is 0.557. The molecule has 0 spiro atoms. The molecule has 5 heteroatoms. The molecule has 1 heterocycles. The van der Waals surface area contributed by atoms with E-state index < -0.39 is 6.09 Å². The summed E-state index contributed by atoms with van der Waals surface area (Å²) in [5.41, 5.74) is 4.75. The number of nitrogens with one attached hydrogen (secondary N) is 3. The van der Waals surface area contributed by atoms with E-state index in [4.69, 9.17) is 5.11 Å². The Kier molecular flexibility index (Phi) is 3.13. The van der Waals surface area contributed by atoms with Gasteiger partial charge in [-0.15, -0.1) is 0 Å². The van der Waals surface area contributed by atoms with E-state index in [2.05, 4.69) is 16.2 Å². The maximum atomic E-state index is 9.98. The molecule has 1 saturated heterocycles. The first-order valence-corrected chi connectivity index (χ1v) is 3.71. The smallest absolute Gasteiger partial charge is 0.419 e. The lowest BCUT2D eigenvalue weighted by Crippen LogP contribution is -2.39. The lowest BCUT2D eigenvalue weighted by Gasteiger charge is -2.08. The van der Waals surface area contributed by atoms with E-state index in [1.54, 1.807) is 0 Å². The summed E-state index contributed by atoms with van der Waals surface area (Å²) in [5.74, 6) is 0.557. The van der Waals surface area contributed by atoms with Crippen molar-refractivity contribution in [3.63, 3.8) is 0 Å². The van der Waals surface area contributed by atoms with Gasteiger partial charge in [-0.1, -0.05) is 0 Å². The summed E-state index contributed by atoms with van der Waals surface area (Å²) in [6, 6.07) is 0. The second-order valence-electron chi connectivity index (χ2n) is 2.67. The van der Waals surface area contributed by atoms with Crippen LogP contribution in [-0.4, -0.2) is 30.8 Å². The molecular formula is C6H13N3O2. The first kappa shape index (κ1) is 8.29. The summed E-state index contributed by atoms with van der Waals surface area (Å²) in [6.45, 7) is 2.73. The normalized spacial score (nSPS) is 23.5. The van der Waals surface area contributed by atoms with Crippen LogP contribution in [0.3, 0.4) is 0 Å². The molecule has 0 aliphatic carbocycles. The van der Waals surface area contributed by atoms with Crippen molar-refractivity contribution < 1.29 is 9.90 Å². The zero-order valence-corrected chi connectivity index (χ0v) is 6.26. The highest BCUT2D eigenvalue weighted by Crippen LogP contribution is 2.04. The predicted molar refractivity (Wildman–Crippen MR) is 40.1 cm³/mol. The molecule has 0 aromatic rings. The number of hydrazine groups is 1. The van der Waals surface area contributed by atoms with Crippen molar-refractivity contribution in [2.24, 2.45) is 5.92 Å². The van der Waals surface area contributed by atoms with E-state index in [9.17, 15) is 4.79 Å². The highest BCUT2D eigenvalue weighted by atomic mass is 16.4. The molecule has 11 heavy (non-hydrogen) atoms. The molecule has 1 aliphatic heterocycles. The van der Waals surface area contributed by atoms with Crippen LogP contribution in [0.2, 0.25) is 0 Å². The minimum atomic E-state index is -1.03. The SMILES string of the molecule is O=C(O)NNCC1CCNC1. The van der Waals surface area contributed by atoms with Crippen LogP contribution in [0.1, 0.15) is 6.42 Å². The largest absolute Gasteiger partial charge is 0.464 e. The fraction of sp³-hybridized carbons (Fsp3) is 0.833. The third-order valence-corrected chi connectivity index (χ3v) is 1.75. The van der Waals surface area contributed by atoms with Gasteiger partial charge in [-0.25, -0.2) is 10.2 Å². The third-order valence-electron chi connectivity index (χ3n) is 1.75. The Morgan fingerprint density at radius 3 is 3.09 bits per heavy atom. The monoisotopic (exact) mass is 159 g/mol. The number of carboxylic acid groups (broad SMARTS) is 1. The van der Waals surface area contributed by atoms with Crippen LogP contribution in [-0.2, 0) is 0 Å². The predicted octanol–water partition coefficient (Wildman–Crippen LogP) is -0.632. The van der Waals surface area contributed by atoms with Crippen LogP contribution in [0.4, 0.5) is 4.79 Å². The van der Waals surface area contributed by atoms with Gasteiger partial charge in [0.25, 0.3) is 0 Å². The van der Waals surface area contributed by atoms with Crippen molar-refractivity contribution in [1.29, 1.82) is 0 Å². The molecule has 1 atom stereocenters. The fourth-order valence-electron chi connectivity index (χ4n) is 1.16. The fourth-order valence-corrected chi connectivity index (χ4v) is 1.16. The van der Waals surface area contributed by atoms with E-state index in [0.29, 0.717) is 12.5 Å². The standard InChI is InChI=1S/C6H13N3O2/c10-6(11)9-8-4-5-1-2-7-3-5/h5,7-9H,1-4H2,(H,10,11). The van der Waals surface area contributed by atoms with Crippen LogP contribution < -0.4 is 16.2 Å². The van der Waals surface area contributed by atoms with Gasteiger partial charge < -0.3 is 10.4 Å². The second kappa shape index (κ2) is 4.15. The van der Waals surface area contributed by atoms with E-state index in [1.165, 1.54) is 0 Å². The van der Waals surface area contributed by atoms with Gasteiger partial charge in [-0.3, -0.25) is 5.43 Å². The van der Waals surface area contributed by atoms with Crippen molar-refractivity contribution in [2.45, 2.75) is 6.42 Å². The first-order chi connectivity index (χ1) is 5.29. The van der Waals surface area contributed by atoms with E-state index >= 15 is 0 Å². The third kappa shape index (κ3) is 3.20. The number of hydrogen-bond donors (Lipinski definition) is 4. The molecule has 64 valence electrons. The summed E-state index contributed by atoms with van der Waals surface area (Å²) in [5, 5.41) is 11.4. The molecule has 0 aromatic carbocycles. The molecular weight excluding hydrogens is 146 g/mol. The van der Waals surface area contributed by atoms with Gasteiger partial charge in [0.2, 0.25) is 0 Å². The number of rotatable bonds is 3. The molecule has 5 nitrogen and oxygen atoms in total. The number of carbonyl (C=O) groups is 1. The average Bonchev–Trinajstić information content (AvgIpc) is 2.39. The quantitative estimate of drug-likeness (QED) is 0.414. The summed E-state index contributed by atoms with van der Waals surface area (Å²) in [4.78, 5) is 9.98. The molecule has 1 rings (SSSR count). The van der Waals surface area contributed by atoms with E-state index in [0.717, 1.165) is 19.5 Å².